The summed E-state index contributed by atoms with van der Waals surface area (Å²) in [6.45, 7) is 4.71. The van der Waals surface area contributed by atoms with Crippen LogP contribution >= 0.6 is 11.3 Å². The summed E-state index contributed by atoms with van der Waals surface area (Å²) in [5.41, 5.74) is 16.5. The molecule has 322 valence electrons. The lowest BCUT2D eigenvalue weighted by Crippen LogP contribution is -2.30. The second kappa shape index (κ2) is 15.8. The van der Waals surface area contributed by atoms with E-state index in [1.807, 2.05) is 60.7 Å². The highest BCUT2D eigenvalue weighted by Crippen LogP contribution is 2.53. The van der Waals surface area contributed by atoms with Crippen LogP contribution in [-0.4, -0.2) is 24.5 Å². The molecule has 1 aliphatic heterocycles. The maximum absolute atomic E-state index is 5.20. The van der Waals surface area contributed by atoms with E-state index >= 15 is 0 Å². The van der Waals surface area contributed by atoms with Crippen molar-refractivity contribution in [3.8, 4) is 61.5 Å². The van der Waals surface area contributed by atoms with Crippen LogP contribution in [0, 0.1) is 0 Å². The van der Waals surface area contributed by atoms with Gasteiger partial charge in [0.1, 0.15) is 5.01 Å². The summed E-state index contributed by atoms with van der Waals surface area (Å²) >= 11 is 1.75. The Bertz CT molecular complexity index is 3800. The number of hydrogen-bond donors (Lipinski definition) is 0. The molecular weight excluding hydrogens is 849 g/mol. The fourth-order valence-electron chi connectivity index (χ4n) is 10.1. The number of fused-ring (bicyclic) bond motifs is 7. The minimum absolute atomic E-state index is 0.221. The SMILES string of the molecule is CC1(C)c2ccccc2N(c2ccccc2)c2ccc(-c3ccc4c(c3)c3ccc5nc(-c6ccccc6)sc5c3n4-c3ccc(-c4nc(-c5ccccc5)nc(-c5ccccc5)n4)cc3)cc21. The molecule has 0 unspecified atom stereocenters. The van der Waals surface area contributed by atoms with Crippen molar-refractivity contribution >= 4 is 60.4 Å². The van der Waals surface area contributed by atoms with E-state index in [0.29, 0.717) is 17.5 Å². The molecule has 4 heterocycles. The molecule has 7 heteroatoms. The van der Waals surface area contributed by atoms with Gasteiger partial charge in [0.05, 0.1) is 32.6 Å². The van der Waals surface area contributed by atoms with E-state index in [1.165, 1.54) is 44.4 Å². The van der Waals surface area contributed by atoms with Gasteiger partial charge in [-0.1, -0.05) is 153 Å². The number of rotatable bonds is 7. The molecule has 0 saturated carbocycles. The van der Waals surface area contributed by atoms with Crippen LogP contribution in [0.2, 0.25) is 0 Å². The molecule has 0 saturated heterocycles. The van der Waals surface area contributed by atoms with Crippen LogP contribution in [0.15, 0.2) is 218 Å². The molecule has 0 bridgehead atoms. The third-order valence-electron chi connectivity index (χ3n) is 13.5. The first-order valence-electron chi connectivity index (χ1n) is 23.0. The van der Waals surface area contributed by atoms with Crippen LogP contribution in [0.25, 0.3) is 93.6 Å². The molecule has 0 atom stereocenters. The van der Waals surface area contributed by atoms with Crippen LogP contribution in [0.5, 0.6) is 0 Å². The van der Waals surface area contributed by atoms with E-state index in [-0.39, 0.29) is 5.41 Å². The minimum atomic E-state index is -0.221. The monoisotopic (exact) mass is 890 g/mol. The zero-order chi connectivity index (χ0) is 45.3. The number of para-hydroxylation sites is 2. The van der Waals surface area contributed by atoms with Gasteiger partial charge in [0.25, 0.3) is 0 Å². The first-order chi connectivity index (χ1) is 33.5. The van der Waals surface area contributed by atoms with E-state index in [4.69, 9.17) is 19.9 Å². The van der Waals surface area contributed by atoms with Crippen LogP contribution in [0.4, 0.5) is 17.1 Å². The second-order valence-electron chi connectivity index (χ2n) is 17.9. The molecule has 0 amide bonds. The third-order valence-corrected chi connectivity index (χ3v) is 14.6. The topological polar surface area (TPSA) is 59.7 Å². The first kappa shape index (κ1) is 39.8. The summed E-state index contributed by atoms with van der Waals surface area (Å²) in [6, 6.07) is 77.4. The second-order valence-corrected chi connectivity index (χ2v) is 18.9. The summed E-state index contributed by atoms with van der Waals surface area (Å²) < 4.78 is 3.56. The van der Waals surface area contributed by atoms with Crippen molar-refractivity contribution in [2.75, 3.05) is 4.90 Å². The molecule has 0 aliphatic carbocycles. The smallest absolute Gasteiger partial charge is 0.164 e. The summed E-state index contributed by atoms with van der Waals surface area (Å²) in [5.74, 6) is 1.90. The van der Waals surface area contributed by atoms with Gasteiger partial charge >= 0.3 is 0 Å². The molecule has 1 aliphatic rings. The Hall–Kier alpha value is -8.52. The molecule has 0 radical (unpaired) electrons. The van der Waals surface area contributed by atoms with E-state index in [0.717, 1.165) is 59.9 Å². The molecule has 9 aromatic carbocycles. The zero-order valence-corrected chi connectivity index (χ0v) is 38.2. The molecule has 0 N–H and O–H groups in total. The quantitative estimate of drug-likeness (QED) is 0.160. The Morgan fingerprint density at radius 3 is 1.59 bits per heavy atom. The molecule has 0 spiro atoms. The fourth-order valence-corrected chi connectivity index (χ4v) is 11.2. The zero-order valence-electron chi connectivity index (χ0n) is 37.4. The standard InChI is InChI=1S/C61H42N6S/c1-61(2)49-25-15-16-26-53(49)66(45-23-13-6-14-24-45)54-36-30-44(38-50(54)61)43-29-35-52-48(37-43)47-33-34-51-56(68-60(62-51)42-21-11-5-12-22-42)55(47)67(52)46-31-27-41(28-32-46)59-64-57(39-17-7-3-8-18-39)63-58(65-59)40-19-9-4-10-20-40/h3-38H,1-2H3. The molecule has 6 nitrogen and oxygen atoms in total. The highest BCUT2D eigenvalue weighted by molar-refractivity contribution is 7.22. The van der Waals surface area contributed by atoms with Crippen LogP contribution in [0.1, 0.15) is 25.0 Å². The van der Waals surface area contributed by atoms with Crippen molar-refractivity contribution < 1.29 is 0 Å². The Morgan fingerprint density at radius 1 is 0.397 bits per heavy atom. The van der Waals surface area contributed by atoms with Crippen LogP contribution in [-0.2, 0) is 5.41 Å². The van der Waals surface area contributed by atoms with Gasteiger partial charge in [0, 0.05) is 49.8 Å². The van der Waals surface area contributed by atoms with E-state index in [2.05, 4.69) is 181 Å². The van der Waals surface area contributed by atoms with Gasteiger partial charge in [0.2, 0.25) is 0 Å². The van der Waals surface area contributed by atoms with Gasteiger partial charge in [-0.2, -0.15) is 0 Å². The van der Waals surface area contributed by atoms with Crippen LogP contribution in [0.3, 0.4) is 0 Å². The molecule has 68 heavy (non-hydrogen) atoms. The summed E-state index contributed by atoms with van der Waals surface area (Å²) in [5, 5.41) is 3.37. The number of anilines is 3. The van der Waals surface area contributed by atoms with Crippen molar-refractivity contribution in [1.29, 1.82) is 0 Å². The Labute approximate surface area is 398 Å². The maximum atomic E-state index is 5.20. The third kappa shape index (κ3) is 6.54. The van der Waals surface area contributed by atoms with Gasteiger partial charge in [0.15, 0.2) is 17.5 Å². The predicted octanol–water partition coefficient (Wildman–Crippen LogP) is 16.0. The number of benzene rings is 9. The molecule has 0 fully saturated rings. The van der Waals surface area contributed by atoms with Crippen molar-refractivity contribution in [2.24, 2.45) is 0 Å². The Morgan fingerprint density at radius 2 is 0.926 bits per heavy atom. The number of nitrogens with zero attached hydrogens (tertiary/aromatic N) is 6. The Balaban J connectivity index is 0.973. The first-order valence-corrected chi connectivity index (χ1v) is 23.8. The molecular formula is C61H42N6S. The van der Waals surface area contributed by atoms with Crippen LogP contribution < -0.4 is 4.90 Å². The van der Waals surface area contributed by atoms with Gasteiger partial charge in [-0.25, -0.2) is 19.9 Å². The predicted molar refractivity (Wildman–Crippen MR) is 281 cm³/mol. The summed E-state index contributed by atoms with van der Waals surface area (Å²) in [4.78, 5) is 22.6. The van der Waals surface area contributed by atoms with Gasteiger partial charge in [-0.15, -0.1) is 11.3 Å². The Kier molecular flexibility index (Phi) is 9.27. The number of hydrogen-bond acceptors (Lipinski definition) is 6. The lowest BCUT2D eigenvalue weighted by Gasteiger charge is -2.42. The van der Waals surface area contributed by atoms with Crippen molar-refractivity contribution in [1.82, 2.24) is 24.5 Å². The highest BCUT2D eigenvalue weighted by Gasteiger charge is 2.37. The highest BCUT2D eigenvalue weighted by atomic mass is 32.1. The van der Waals surface area contributed by atoms with E-state index < -0.39 is 0 Å². The summed E-state index contributed by atoms with van der Waals surface area (Å²) in [7, 11) is 0. The lowest BCUT2D eigenvalue weighted by molar-refractivity contribution is 0.632. The lowest BCUT2D eigenvalue weighted by atomic mass is 9.73. The normalized spacial score (nSPS) is 12.9. The largest absolute Gasteiger partial charge is 0.310 e. The number of aromatic nitrogens is 5. The maximum Gasteiger partial charge on any atom is 0.164 e. The van der Waals surface area contributed by atoms with Crippen molar-refractivity contribution in [3.05, 3.63) is 230 Å². The van der Waals surface area contributed by atoms with Gasteiger partial charge < -0.3 is 9.47 Å². The van der Waals surface area contributed by atoms with Crippen molar-refractivity contribution in [3.63, 3.8) is 0 Å². The molecule has 13 rings (SSSR count). The fraction of sp³-hybridized carbons (Fsp3) is 0.0492. The number of thiazole rings is 1. The van der Waals surface area contributed by atoms with E-state index in [1.54, 1.807) is 11.3 Å². The molecule has 3 aromatic heterocycles. The van der Waals surface area contributed by atoms with E-state index in [9.17, 15) is 0 Å². The average molecular weight is 891 g/mol. The minimum Gasteiger partial charge on any atom is -0.310 e. The van der Waals surface area contributed by atoms with Gasteiger partial charge in [-0.3, -0.25) is 0 Å². The van der Waals surface area contributed by atoms with Gasteiger partial charge in [-0.05, 0) is 101 Å². The summed E-state index contributed by atoms with van der Waals surface area (Å²) in [6.07, 6.45) is 0. The molecule has 12 aromatic rings. The average Bonchev–Trinajstić information content (AvgIpc) is 3.99. The van der Waals surface area contributed by atoms with Crippen molar-refractivity contribution in [2.45, 2.75) is 19.3 Å².